The predicted molar refractivity (Wildman–Crippen MR) is 108 cm³/mol. The van der Waals surface area contributed by atoms with E-state index in [0.29, 0.717) is 5.69 Å². The van der Waals surface area contributed by atoms with E-state index in [0.717, 1.165) is 0 Å². The number of hydrogen-bond acceptors (Lipinski definition) is 5. The Kier molecular flexibility index (Phi) is 6.17. The van der Waals surface area contributed by atoms with Gasteiger partial charge in [0.2, 0.25) is 15.9 Å². The second-order valence-electron chi connectivity index (χ2n) is 7.19. The lowest BCUT2D eigenvalue weighted by Gasteiger charge is -2.20. The van der Waals surface area contributed by atoms with Crippen LogP contribution in [0.5, 0.6) is 0 Å². The van der Waals surface area contributed by atoms with Gasteiger partial charge in [-0.3, -0.25) is 9.52 Å². The first-order valence-corrected chi connectivity index (χ1v) is 11.3. The van der Waals surface area contributed by atoms with Gasteiger partial charge in [-0.1, -0.05) is 0 Å². The molecule has 3 N–H and O–H groups in total. The fraction of sp³-hybridized carbons (Fsp3) is 0.278. The number of hydrogen-bond donors (Lipinski definition) is 3. The smallest absolute Gasteiger partial charge is 0.261 e. The molecule has 0 aliphatic heterocycles. The Balaban J connectivity index is 2.17. The van der Waals surface area contributed by atoms with Gasteiger partial charge >= 0.3 is 0 Å². The van der Waals surface area contributed by atoms with Gasteiger partial charge in [-0.2, -0.15) is 0 Å². The SMILES string of the molecule is CC(=O)Nc1ccc(S(=O)(=O)Nc2ccc(S(=O)(=O)NC(C)(C)C)cc2)cc1. The highest BCUT2D eigenvalue weighted by Crippen LogP contribution is 2.20. The summed E-state index contributed by atoms with van der Waals surface area (Å²) in [5.74, 6) is -0.260. The van der Waals surface area contributed by atoms with E-state index in [9.17, 15) is 21.6 Å². The molecule has 0 saturated heterocycles. The van der Waals surface area contributed by atoms with Crippen molar-refractivity contribution in [1.82, 2.24) is 4.72 Å². The van der Waals surface area contributed by atoms with Crippen molar-refractivity contribution in [3.05, 3.63) is 48.5 Å². The van der Waals surface area contributed by atoms with E-state index in [1.165, 1.54) is 55.5 Å². The second kappa shape index (κ2) is 7.90. The molecule has 0 unspecified atom stereocenters. The van der Waals surface area contributed by atoms with Crippen LogP contribution in [0.3, 0.4) is 0 Å². The third kappa shape index (κ3) is 6.04. The number of anilines is 2. The zero-order chi connectivity index (χ0) is 21.2. The summed E-state index contributed by atoms with van der Waals surface area (Å²) in [7, 11) is -7.57. The molecule has 0 aromatic heterocycles. The fourth-order valence-corrected chi connectivity index (χ4v) is 4.78. The van der Waals surface area contributed by atoms with Crippen molar-refractivity contribution in [2.24, 2.45) is 0 Å². The third-order valence-corrected chi connectivity index (χ3v) is 6.51. The minimum atomic E-state index is -3.86. The quantitative estimate of drug-likeness (QED) is 0.657. The normalized spacial score (nSPS) is 12.4. The van der Waals surface area contributed by atoms with Gasteiger partial charge in [0, 0.05) is 23.8 Å². The van der Waals surface area contributed by atoms with Gasteiger partial charge in [-0.05, 0) is 69.3 Å². The number of benzene rings is 2. The van der Waals surface area contributed by atoms with Crippen LogP contribution in [0.1, 0.15) is 27.7 Å². The lowest BCUT2D eigenvalue weighted by atomic mass is 10.1. The molecule has 2 aromatic rings. The van der Waals surface area contributed by atoms with Gasteiger partial charge in [-0.25, -0.2) is 21.6 Å². The molecule has 0 bridgehead atoms. The molecule has 0 heterocycles. The summed E-state index contributed by atoms with van der Waals surface area (Å²) in [5, 5.41) is 2.55. The summed E-state index contributed by atoms with van der Waals surface area (Å²) in [4.78, 5) is 11.1. The van der Waals surface area contributed by atoms with E-state index >= 15 is 0 Å². The van der Waals surface area contributed by atoms with Crippen LogP contribution in [0.4, 0.5) is 11.4 Å². The molecule has 0 fully saturated rings. The third-order valence-electron chi connectivity index (χ3n) is 3.34. The van der Waals surface area contributed by atoms with Crippen molar-refractivity contribution in [2.75, 3.05) is 10.0 Å². The van der Waals surface area contributed by atoms with E-state index in [2.05, 4.69) is 14.8 Å². The van der Waals surface area contributed by atoms with Crippen LogP contribution in [-0.4, -0.2) is 28.3 Å². The van der Waals surface area contributed by atoms with Gasteiger partial charge in [0.15, 0.2) is 0 Å². The Bertz CT molecular complexity index is 1050. The Labute approximate surface area is 165 Å². The van der Waals surface area contributed by atoms with Crippen molar-refractivity contribution in [2.45, 2.75) is 43.0 Å². The monoisotopic (exact) mass is 425 g/mol. The molecule has 2 rings (SSSR count). The average Bonchev–Trinajstić information content (AvgIpc) is 2.52. The van der Waals surface area contributed by atoms with Crippen LogP contribution in [0, 0.1) is 0 Å². The highest BCUT2D eigenvalue weighted by atomic mass is 32.2. The van der Waals surface area contributed by atoms with E-state index in [1.807, 2.05) is 0 Å². The summed E-state index contributed by atoms with van der Waals surface area (Å²) in [5.41, 5.74) is 0.0654. The van der Waals surface area contributed by atoms with Crippen molar-refractivity contribution >= 4 is 37.3 Å². The topological polar surface area (TPSA) is 121 Å². The van der Waals surface area contributed by atoms with Gasteiger partial charge in [0.05, 0.1) is 9.79 Å². The number of carbonyl (C=O) groups excluding carboxylic acids is 1. The van der Waals surface area contributed by atoms with Crippen LogP contribution in [0.15, 0.2) is 58.3 Å². The molecule has 0 spiro atoms. The number of amides is 1. The Morgan fingerprint density at radius 2 is 1.18 bits per heavy atom. The summed E-state index contributed by atoms with van der Waals surface area (Å²) in [6, 6.07) is 11.1. The van der Waals surface area contributed by atoms with Gasteiger partial charge in [0.1, 0.15) is 0 Å². The molecule has 0 atom stereocenters. The van der Waals surface area contributed by atoms with Crippen LogP contribution in [-0.2, 0) is 24.8 Å². The Morgan fingerprint density at radius 3 is 1.61 bits per heavy atom. The first kappa shape index (κ1) is 21.9. The van der Waals surface area contributed by atoms with E-state index in [-0.39, 0.29) is 21.4 Å². The summed E-state index contributed by atoms with van der Waals surface area (Å²) in [6.45, 7) is 6.53. The summed E-state index contributed by atoms with van der Waals surface area (Å²) >= 11 is 0. The van der Waals surface area contributed by atoms with Crippen LogP contribution < -0.4 is 14.8 Å². The Morgan fingerprint density at radius 1 is 0.750 bits per heavy atom. The van der Waals surface area contributed by atoms with Crippen molar-refractivity contribution in [3.8, 4) is 0 Å². The zero-order valence-electron chi connectivity index (χ0n) is 16.0. The minimum Gasteiger partial charge on any atom is -0.326 e. The molecule has 0 saturated carbocycles. The van der Waals surface area contributed by atoms with Gasteiger partial charge < -0.3 is 5.32 Å². The van der Waals surface area contributed by atoms with Crippen LogP contribution in [0.25, 0.3) is 0 Å². The van der Waals surface area contributed by atoms with Crippen molar-refractivity contribution in [3.63, 3.8) is 0 Å². The largest absolute Gasteiger partial charge is 0.326 e. The maximum atomic E-state index is 12.5. The van der Waals surface area contributed by atoms with E-state index < -0.39 is 25.6 Å². The number of carbonyl (C=O) groups is 1. The van der Waals surface area contributed by atoms with Crippen LogP contribution >= 0.6 is 0 Å². The Hall–Kier alpha value is -2.43. The molecule has 0 radical (unpaired) electrons. The second-order valence-corrected chi connectivity index (χ2v) is 10.6. The van der Waals surface area contributed by atoms with E-state index in [4.69, 9.17) is 0 Å². The molecule has 0 aliphatic rings. The zero-order valence-corrected chi connectivity index (χ0v) is 17.6. The predicted octanol–water partition coefficient (Wildman–Crippen LogP) is 2.52. The molecule has 0 aliphatic carbocycles. The number of nitrogens with one attached hydrogen (secondary N) is 3. The lowest BCUT2D eigenvalue weighted by molar-refractivity contribution is -0.114. The summed E-state index contributed by atoms with van der Waals surface area (Å²) < 4.78 is 54.5. The van der Waals surface area contributed by atoms with E-state index in [1.54, 1.807) is 20.8 Å². The molecule has 10 heteroatoms. The lowest BCUT2D eigenvalue weighted by Crippen LogP contribution is -2.40. The number of rotatable bonds is 6. The molecule has 8 nitrogen and oxygen atoms in total. The van der Waals surface area contributed by atoms with Crippen molar-refractivity contribution in [1.29, 1.82) is 0 Å². The van der Waals surface area contributed by atoms with Gasteiger partial charge in [0.25, 0.3) is 10.0 Å². The number of sulfonamides is 2. The average molecular weight is 426 g/mol. The molecule has 2 aromatic carbocycles. The highest BCUT2D eigenvalue weighted by Gasteiger charge is 2.22. The molecular formula is C18H23N3O5S2. The molecule has 152 valence electrons. The molecule has 28 heavy (non-hydrogen) atoms. The standard InChI is InChI=1S/C18H23N3O5S2/c1-13(22)19-14-5-9-16(10-6-14)27(23,24)20-15-7-11-17(12-8-15)28(25,26)21-18(2,3)4/h5-12,20-21H,1-4H3,(H,19,22). The first-order chi connectivity index (χ1) is 12.8. The fourth-order valence-electron chi connectivity index (χ4n) is 2.30. The van der Waals surface area contributed by atoms with Gasteiger partial charge in [-0.15, -0.1) is 0 Å². The summed E-state index contributed by atoms with van der Waals surface area (Å²) in [6.07, 6.45) is 0. The maximum Gasteiger partial charge on any atom is 0.261 e. The maximum absolute atomic E-state index is 12.5. The van der Waals surface area contributed by atoms with Crippen LogP contribution in [0.2, 0.25) is 0 Å². The first-order valence-electron chi connectivity index (χ1n) is 8.33. The molecular weight excluding hydrogens is 402 g/mol. The molecule has 1 amide bonds. The minimum absolute atomic E-state index is 0.00713. The van der Waals surface area contributed by atoms with Crippen molar-refractivity contribution < 1.29 is 21.6 Å². The highest BCUT2D eigenvalue weighted by molar-refractivity contribution is 7.92.